The van der Waals surface area contributed by atoms with Gasteiger partial charge in [-0.15, -0.1) is 0 Å². The fourth-order valence-electron chi connectivity index (χ4n) is 11.7. The average Bonchev–Trinajstić information content (AvgIpc) is 3.25. The first-order valence-corrected chi connectivity index (χ1v) is 17.8. The molecule has 6 rings (SSSR count). The minimum Gasteiger partial charge on any atom is -1.00 e. The summed E-state index contributed by atoms with van der Waals surface area (Å²) >= 11 is 0. The van der Waals surface area contributed by atoms with Gasteiger partial charge in [-0.1, -0.05) is 20.4 Å². The third-order valence-corrected chi connectivity index (χ3v) is 14.1. The van der Waals surface area contributed by atoms with Crippen molar-refractivity contribution in [1.29, 1.82) is 0 Å². The highest BCUT2D eigenvalue weighted by atomic mass is 79.9. The third-order valence-electron chi connectivity index (χ3n) is 14.1. The summed E-state index contributed by atoms with van der Waals surface area (Å²) in [5.41, 5.74) is 0.209. The fraction of sp³-hybridized carbons (Fsp3) is 0.889. The van der Waals surface area contributed by atoms with E-state index in [2.05, 4.69) is 43.3 Å². The zero-order chi connectivity index (χ0) is 31.4. The van der Waals surface area contributed by atoms with Crippen molar-refractivity contribution < 1.29 is 45.6 Å². The molecular weight excluding hydrogens is 634 g/mol. The number of nitrogens with zero attached hydrogens (tertiary/aromatic N) is 3. The first kappa shape index (κ1) is 35.3. The summed E-state index contributed by atoms with van der Waals surface area (Å²) in [6.45, 7) is 19.3. The molecule has 2 heterocycles. The number of quaternary nitrogens is 1. The van der Waals surface area contributed by atoms with Crippen molar-refractivity contribution in [1.82, 2.24) is 9.80 Å². The van der Waals surface area contributed by atoms with Gasteiger partial charge in [-0.2, -0.15) is 0 Å². The average molecular weight is 695 g/mol. The van der Waals surface area contributed by atoms with Gasteiger partial charge in [0.25, 0.3) is 0 Å². The van der Waals surface area contributed by atoms with Crippen LogP contribution < -0.4 is 17.0 Å². The molecule has 45 heavy (non-hydrogen) atoms. The van der Waals surface area contributed by atoms with Crippen molar-refractivity contribution in [3.05, 3.63) is 12.7 Å². The number of ether oxygens (including phenoxy) is 2. The van der Waals surface area contributed by atoms with Gasteiger partial charge in [-0.3, -0.25) is 19.4 Å². The molecule has 10 atom stereocenters. The second-order valence-corrected chi connectivity index (χ2v) is 16.5. The maximum atomic E-state index is 12.6. The van der Waals surface area contributed by atoms with E-state index in [0.29, 0.717) is 29.7 Å². The van der Waals surface area contributed by atoms with E-state index in [1.807, 2.05) is 0 Å². The van der Waals surface area contributed by atoms with Crippen LogP contribution in [-0.4, -0.2) is 115 Å². The number of fused-ring (bicyclic) bond motifs is 5. The van der Waals surface area contributed by atoms with Gasteiger partial charge in [-0.05, 0) is 93.0 Å². The van der Waals surface area contributed by atoms with Crippen molar-refractivity contribution in [2.45, 2.75) is 116 Å². The van der Waals surface area contributed by atoms with E-state index in [-0.39, 0.29) is 64.1 Å². The SMILES string of the molecule is C=CC[N+]1(C)CCN([C@H]2C[C@H]3[C@@H]4CC[C@H]5C[C@H](OC(C)=O)[C@@H](N6CCC(O)CC6)C[C@]5(C)[C@H]4CC[C@]3(C)[C@H]2OC(C)=O)CC1.[Br-]. The molecule has 4 saturated carbocycles. The Morgan fingerprint density at radius 3 is 2.16 bits per heavy atom. The Labute approximate surface area is 282 Å². The van der Waals surface area contributed by atoms with Gasteiger partial charge >= 0.3 is 11.9 Å². The van der Waals surface area contributed by atoms with Gasteiger partial charge in [0, 0.05) is 57.5 Å². The predicted molar refractivity (Wildman–Crippen MR) is 171 cm³/mol. The Balaban J connectivity index is 0.00000400. The Morgan fingerprint density at radius 1 is 0.889 bits per heavy atom. The Hall–Kier alpha value is -1.00. The smallest absolute Gasteiger partial charge is 0.302 e. The third kappa shape index (κ3) is 6.56. The van der Waals surface area contributed by atoms with Crippen LogP contribution in [0.1, 0.15) is 85.5 Å². The molecular formula is C36H60BrN3O5. The molecule has 0 bridgehead atoms. The Bertz CT molecular complexity index is 1090. The van der Waals surface area contributed by atoms with E-state index < -0.39 is 0 Å². The molecule has 0 radical (unpaired) electrons. The van der Waals surface area contributed by atoms with Gasteiger partial charge in [0.05, 0.1) is 32.8 Å². The number of likely N-dealkylation sites (tertiary alicyclic amines) is 1. The van der Waals surface area contributed by atoms with Gasteiger partial charge in [0.15, 0.2) is 0 Å². The van der Waals surface area contributed by atoms with E-state index in [4.69, 9.17) is 9.47 Å². The van der Waals surface area contributed by atoms with Crippen LogP contribution in [0.5, 0.6) is 0 Å². The number of carbonyl (C=O) groups excluding carboxylic acids is 2. The molecule has 0 aromatic heterocycles. The number of halogens is 1. The molecule has 6 fully saturated rings. The number of piperidine rings is 1. The lowest BCUT2D eigenvalue weighted by Gasteiger charge is -2.62. The van der Waals surface area contributed by atoms with Crippen LogP contribution in [0, 0.1) is 34.5 Å². The number of esters is 2. The lowest BCUT2D eigenvalue weighted by atomic mass is 9.44. The first-order valence-electron chi connectivity index (χ1n) is 17.8. The molecule has 4 aliphatic carbocycles. The monoisotopic (exact) mass is 693 g/mol. The van der Waals surface area contributed by atoms with Crippen LogP contribution in [0.15, 0.2) is 12.7 Å². The van der Waals surface area contributed by atoms with Gasteiger partial charge in [0.1, 0.15) is 12.2 Å². The van der Waals surface area contributed by atoms with Crippen LogP contribution in [-0.2, 0) is 19.1 Å². The topological polar surface area (TPSA) is 79.3 Å². The van der Waals surface area contributed by atoms with E-state index >= 15 is 0 Å². The molecule has 0 aromatic carbocycles. The number of hydrogen-bond donors (Lipinski definition) is 1. The number of rotatable bonds is 6. The molecule has 0 unspecified atom stereocenters. The number of piperazine rings is 1. The molecule has 9 heteroatoms. The summed E-state index contributed by atoms with van der Waals surface area (Å²) in [7, 11) is 2.34. The second kappa shape index (κ2) is 13.5. The van der Waals surface area contributed by atoms with E-state index in [1.54, 1.807) is 13.8 Å². The molecule has 2 saturated heterocycles. The van der Waals surface area contributed by atoms with Gasteiger partial charge < -0.3 is 36.0 Å². The highest BCUT2D eigenvalue weighted by Gasteiger charge is 2.65. The summed E-state index contributed by atoms with van der Waals surface area (Å²) < 4.78 is 13.4. The molecule has 2 aliphatic heterocycles. The summed E-state index contributed by atoms with van der Waals surface area (Å²) in [4.78, 5) is 30.0. The van der Waals surface area contributed by atoms with Crippen LogP contribution >= 0.6 is 0 Å². The summed E-state index contributed by atoms with van der Waals surface area (Å²) in [5, 5.41) is 10.2. The number of carbonyl (C=O) groups is 2. The van der Waals surface area contributed by atoms with Crippen LogP contribution in [0.3, 0.4) is 0 Å². The van der Waals surface area contributed by atoms with Crippen molar-refractivity contribution in [3.8, 4) is 0 Å². The van der Waals surface area contributed by atoms with Gasteiger partial charge in [-0.25, -0.2) is 0 Å². The lowest BCUT2D eigenvalue weighted by molar-refractivity contribution is -0.908. The molecule has 8 nitrogen and oxygen atoms in total. The van der Waals surface area contributed by atoms with Gasteiger partial charge in [0.2, 0.25) is 0 Å². The number of aliphatic hydroxyl groups is 1. The molecule has 0 aromatic rings. The first-order chi connectivity index (χ1) is 20.9. The second-order valence-electron chi connectivity index (χ2n) is 16.5. The Kier molecular flexibility index (Phi) is 10.6. The largest absolute Gasteiger partial charge is 1.00 e. The lowest BCUT2D eigenvalue weighted by Crippen LogP contribution is -3.00. The molecule has 6 aliphatic rings. The quantitative estimate of drug-likeness (QED) is 0.255. The molecule has 0 amide bonds. The van der Waals surface area contributed by atoms with Crippen molar-refractivity contribution in [2.24, 2.45) is 34.5 Å². The number of likely N-dealkylation sites (N-methyl/N-ethyl adjacent to an activating group) is 1. The highest BCUT2D eigenvalue weighted by Crippen LogP contribution is 2.67. The van der Waals surface area contributed by atoms with Crippen LogP contribution in [0.25, 0.3) is 0 Å². The standard InChI is InChI=1S/C36H60N3O5.BrH/c1-7-18-39(6)19-16-38(17-20-39)31-22-30-28-9-8-26-21-33(43-24(2)40)32(37-14-11-27(42)12-15-37)23-36(26,5)29(28)10-13-35(30,4)34(31)44-25(3)41;/h7,26-34,42H,1,8-23H2,2-6H3;1H/q+1;/p-1/t26-,28+,29-,30-,31-,32-,33-,34-,35-,36-;/m0./s1. The molecule has 1 N–H and O–H groups in total. The van der Waals surface area contributed by atoms with Crippen molar-refractivity contribution in [3.63, 3.8) is 0 Å². The highest BCUT2D eigenvalue weighted by molar-refractivity contribution is 5.66. The minimum atomic E-state index is -0.213. The van der Waals surface area contributed by atoms with Crippen LogP contribution in [0.2, 0.25) is 0 Å². The van der Waals surface area contributed by atoms with E-state index in [9.17, 15) is 14.7 Å². The zero-order valence-electron chi connectivity index (χ0n) is 28.6. The number of hydrogen-bond acceptors (Lipinski definition) is 7. The maximum absolute atomic E-state index is 12.6. The zero-order valence-corrected chi connectivity index (χ0v) is 30.2. The normalized spacial score (nSPS) is 43.6. The molecule has 0 spiro atoms. The van der Waals surface area contributed by atoms with E-state index in [1.165, 1.54) is 19.3 Å². The number of aliphatic hydroxyl groups excluding tert-OH is 1. The minimum absolute atomic E-state index is 0. The Morgan fingerprint density at radius 2 is 1.53 bits per heavy atom. The van der Waals surface area contributed by atoms with Crippen molar-refractivity contribution >= 4 is 11.9 Å². The summed E-state index contributed by atoms with van der Waals surface area (Å²) in [6.07, 6.45) is 11.2. The summed E-state index contributed by atoms with van der Waals surface area (Å²) in [6, 6.07) is 0.518. The van der Waals surface area contributed by atoms with Crippen molar-refractivity contribution in [2.75, 3.05) is 52.9 Å². The predicted octanol–water partition coefficient (Wildman–Crippen LogP) is 1.26. The fourth-order valence-corrected chi connectivity index (χ4v) is 11.7. The van der Waals surface area contributed by atoms with Crippen LogP contribution in [0.4, 0.5) is 0 Å². The molecule has 256 valence electrons. The maximum Gasteiger partial charge on any atom is 0.302 e. The van der Waals surface area contributed by atoms with E-state index in [0.717, 1.165) is 88.8 Å². The summed E-state index contributed by atoms with van der Waals surface area (Å²) in [5.74, 6) is 2.09.